The van der Waals surface area contributed by atoms with Gasteiger partial charge in [-0.3, -0.25) is 0 Å². The molecule has 15 heavy (non-hydrogen) atoms. The van der Waals surface area contributed by atoms with Gasteiger partial charge in [0.25, 0.3) is 0 Å². The van der Waals surface area contributed by atoms with Crippen LogP contribution in [0.3, 0.4) is 0 Å². The highest BCUT2D eigenvalue weighted by Gasteiger charge is 2.26. The van der Waals surface area contributed by atoms with Crippen LogP contribution in [-0.4, -0.2) is 12.7 Å². The molecule has 0 aliphatic carbocycles. The Bertz CT molecular complexity index is 331. The first-order valence-electron chi connectivity index (χ1n) is 4.76. The van der Waals surface area contributed by atoms with Crippen LogP contribution in [0.4, 0.5) is 18.9 Å². The molecule has 0 aliphatic rings. The summed E-state index contributed by atoms with van der Waals surface area (Å²) in [6, 6.07) is 5.68. The Kier molecular flexibility index (Phi) is 3.61. The summed E-state index contributed by atoms with van der Waals surface area (Å²) in [5.74, 6) is 0. The van der Waals surface area contributed by atoms with Crippen LogP contribution < -0.4 is 5.32 Å². The van der Waals surface area contributed by atoms with Gasteiger partial charge in [-0.2, -0.15) is 13.2 Å². The van der Waals surface area contributed by atoms with E-state index < -0.39 is 12.6 Å². The highest BCUT2D eigenvalue weighted by atomic mass is 19.4. The Hall–Kier alpha value is -1.19. The number of benzene rings is 1. The first kappa shape index (κ1) is 11.9. The Labute approximate surface area is 87.3 Å². The van der Waals surface area contributed by atoms with Crippen LogP contribution >= 0.6 is 0 Å². The minimum Gasteiger partial charge on any atom is -0.384 e. The molecule has 0 radical (unpaired) electrons. The summed E-state index contributed by atoms with van der Waals surface area (Å²) < 4.78 is 35.7. The summed E-state index contributed by atoms with van der Waals surface area (Å²) in [4.78, 5) is 0. The topological polar surface area (TPSA) is 12.0 Å². The maximum Gasteiger partial charge on any atom is 0.390 e. The van der Waals surface area contributed by atoms with Gasteiger partial charge in [-0.15, -0.1) is 0 Å². The molecule has 0 aromatic heterocycles. The van der Waals surface area contributed by atoms with E-state index in [1.807, 2.05) is 32.0 Å². The average molecular weight is 217 g/mol. The third-order valence-electron chi connectivity index (χ3n) is 2.12. The predicted octanol–water partition coefficient (Wildman–Crippen LogP) is 3.67. The second-order valence-electron chi connectivity index (χ2n) is 3.61. The van der Waals surface area contributed by atoms with Gasteiger partial charge in [0.2, 0.25) is 0 Å². The van der Waals surface area contributed by atoms with Crippen molar-refractivity contribution in [2.45, 2.75) is 26.4 Å². The quantitative estimate of drug-likeness (QED) is 0.814. The van der Waals surface area contributed by atoms with E-state index in [1.165, 1.54) is 0 Å². The van der Waals surface area contributed by atoms with Gasteiger partial charge in [0.1, 0.15) is 0 Å². The largest absolute Gasteiger partial charge is 0.390 e. The van der Waals surface area contributed by atoms with Crippen LogP contribution in [0.2, 0.25) is 0 Å². The molecule has 0 heterocycles. The number of aryl methyl sites for hydroxylation is 2. The second-order valence-corrected chi connectivity index (χ2v) is 3.61. The minimum absolute atomic E-state index is 0.0756. The molecule has 0 spiro atoms. The van der Waals surface area contributed by atoms with E-state index in [0.29, 0.717) is 0 Å². The number of anilines is 1. The van der Waals surface area contributed by atoms with Gasteiger partial charge in [-0.05, 0) is 31.0 Å². The number of nitrogens with one attached hydrogen (secondary N) is 1. The molecular weight excluding hydrogens is 203 g/mol. The fourth-order valence-corrected chi connectivity index (χ4v) is 1.27. The van der Waals surface area contributed by atoms with Crippen molar-refractivity contribution >= 4 is 5.69 Å². The second kappa shape index (κ2) is 4.55. The van der Waals surface area contributed by atoms with Gasteiger partial charge >= 0.3 is 6.18 Å². The van der Waals surface area contributed by atoms with E-state index in [4.69, 9.17) is 0 Å². The van der Waals surface area contributed by atoms with Gasteiger partial charge in [0.05, 0.1) is 6.42 Å². The van der Waals surface area contributed by atoms with Crippen LogP contribution in [0.1, 0.15) is 17.5 Å². The first-order valence-corrected chi connectivity index (χ1v) is 4.76. The number of rotatable bonds is 3. The van der Waals surface area contributed by atoms with Crippen molar-refractivity contribution in [3.05, 3.63) is 29.3 Å². The van der Waals surface area contributed by atoms with Crippen LogP contribution in [-0.2, 0) is 0 Å². The Balaban J connectivity index is 2.54. The molecule has 1 N–H and O–H groups in total. The van der Waals surface area contributed by atoms with Crippen molar-refractivity contribution in [3.8, 4) is 0 Å². The summed E-state index contributed by atoms with van der Waals surface area (Å²) in [6.07, 6.45) is -4.90. The maximum atomic E-state index is 11.9. The molecule has 1 aromatic carbocycles. The van der Waals surface area contributed by atoms with Crippen molar-refractivity contribution in [1.82, 2.24) is 0 Å². The van der Waals surface area contributed by atoms with Crippen LogP contribution in [0.5, 0.6) is 0 Å². The molecule has 0 amide bonds. The Morgan fingerprint density at radius 2 is 1.87 bits per heavy atom. The van der Waals surface area contributed by atoms with Gasteiger partial charge < -0.3 is 5.32 Å². The summed E-state index contributed by atoms with van der Waals surface area (Å²) in [5.41, 5.74) is 2.78. The van der Waals surface area contributed by atoms with Crippen molar-refractivity contribution < 1.29 is 13.2 Å². The lowest BCUT2D eigenvalue weighted by atomic mass is 10.1. The molecule has 4 heteroatoms. The van der Waals surface area contributed by atoms with Gasteiger partial charge in [0.15, 0.2) is 0 Å². The lowest BCUT2D eigenvalue weighted by Gasteiger charge is -2.11. The fourth-order valence-electron chi connectivity index (χ4n) is 1.27. The molecule has 1 rings (SSSR count). The molecular formula is C11H14F3N. The van der Waals surface area contributed by atoms with Crippen LogP contribution in [0, 0.1) is 13.8 Å². The zero-order valence-corrected chi connectivity index (χ0v) is 8.78. The standard InChI is InChI=1S/C11H14F3N/c1-8-3-4-9(2)10(7-8)15-6-5-11(12,13)14/h3-4,7,15H,5-6H2,1-2H3. The molecule has 0 aliphatic heterocycles. The highest BCUT2D eigenvalue weighted by Crippen LogP contribution is 2.21. The van der Waals surface area contributed by atoms with Crippen molar-refractivity contribution in [2.24, 2.45) is 0 Å². The van der Waals surface area contributed by atoms with Crippen LogP contribution in [0.15, 0.2) is 18.2 Å². The molecule has 0 unspecified atom stereocenters. The zero-order valence-electron chi connectivity index (χ0n) is 8.78. The van der Waals surface area contributed by atoms with Crippen LogP contribution in [0.25, 0.3) is 0 Å². The molecule has 0 bridgehead atoms. The predicted molar refractivity (Wildman–Crippen MR) is 55.1 cm³/mol. The molecule has 0 saturated heterocycles. The van der Waals surface area contributed by atoms with E-state index in [2.05, 4.69) is 5.32 Å². The molecule has 1 aromatic rings. The summed E-state index contributed by atoms with van der Waals surface area (Å²) in [5, 5.41) is 2.79. The van der Waals surface area contributed by atoms with E-state index >= 15 is 0 Å². The molecule has 0 atom stereocenters. The zero-order chi connectivity index (χ0) is 11.5. The number of hydrogen-bond donors (Lipinski definition) is 1. The van der Waals surface area contributed by atoms with Gasteiger partial charge in [-0.1, -0.05) is 12.1 Å². The summed E-state index contributed by atoms with van der Waals surface area (Å²) >= 11 is 0. The Morgan fingerprint density at radius 3 is 2.47 bits per heavy atom. The van der Waals surface area contributed by atoms with E-state index in [0.717, 1.165) is 16.8 Å². The lowest BCUT2D eigenvalue weighted by Crippen LogP contribution is -2.15. The lowest BCUT2D eigenvalue weighted by molar-refractivity contribution is -0.131. The normalized spacial score (nSPS) is 11.5. The summed E-state index contributed by atoms with van der Waals surface area (Å²) in [7, 11) is 0. The van der Waals surface area contributed by atoms with Gasteiger partial charge in [0, 0.05) is 12.2 Å². The maximum absolute atomic E-state index is 11.9. The average Bonchev–Trinajstić information content (AvgIpc) is 2.09. The third-order valence-corrected chi connectivity index (χ3v) is 2.12. The molecule has 1 nitrogen and oxygen atoms in total. The number of halogens is 3. The summed E-state index contributed by atoms with van der Waals surface area (Å²) in [6.45, 7) is 3.71. The van der Waals surface area contributed by atoms with E-state index in [-0.39, 0.29) is 6.54 Å². The highest BCUT2D eigenvalue weighted by molar-refractivity contribution is 5.52. The SMILES string of the molecule is Cc1ccc(C)c(NCCC(F)(F)F)c1. The minimum atomic E-state index is -4.09. The third kappa shape index (κ3) is 4.23. The van der Waals surface area contributed by atoms with Crippen molar-refractivity contribution in [2.75, 3.05) is 11.9 Å². The molecule has 0 fully saturated rings. The number of hydrogen-bond acceptors (Lipinski definition) is 1. The van der Waals surface area contributed by atoms with E-state index in [1.54, 1.807) is 0 Å². The fraction of sp³-hybridized carbons (Fsp3) is 0.455. The Morgan fingerprint density at radius 1 is 1.20 bits per heavy atom. The van der Waals surface area contributed by atoms with Crippen molar-refractivity contribution in [1.29, 1.82) is 0 Å². The van der Waals surface area contributed by atoms with Crippen molar-refractivity contribution in [3.63, 3.8) is 0 Å². The monoisotopic (exact) mass is 217 g/mol. The van der Waals surface area contributed by atoms with E-state index in [9.17, 15) is 13.2 Å². The number of alkyl halides is 3. The van der Waals surface area contributed by atoms with Gasteiger partial charge in [-0.25, -0.2) is 0 Å². The molecule has 0 saturated carbocycles. The first-order chi connectivity index (χ1) is 6.88. The molecule has 84 valence electrons. The smallest absolute Gasteiger partial charge is 0.384 e.